The van der Waals surface area contributed by atoms with Crippen LogP contribution in [0.25, 0.3) is 0 Å². The number of nitrogens with zero attached hydrogens (tertiary/aromatic N) is 2. The Morgan fingerprint density at radius 2 is 1.88 bits per heavy atom. The molecule has 1 fully saturated rings. The minimum Gasteiger partial charge on any atom is -0.325 e. The Morgan fingerprint density at radius 3 is 2.54 bits per heavy atom. The van der Waals surface area contributed by atoms with Gasteiger partial charge in [0.2, 0.25) is 5.91 Å². The Morgan fingerprint density at radius 1 is 1.17 bits per heavy atom. The van der Waals surface area contributed by atoms with E-state index >= 15 is 0 Å². The van der Waals surface area contributed by atoms with E-state index in [0.717, 1.165) is 4.47 Å². The van der Waals surface area contributed by atoms with E-state index in [4.69, 9.17) is 0 Å². The maximum absolute atomic E-state index is 13.1. The van der Waals surface area contributed by atoms with Gasteiger partial charge >= 0.3 is 0 Å². The molecule has 0 N–H and O–H groups in total. The van der Waals surface area contributed by atoms with Crippen molar-refractivity contribution in [3.63, 3.8) is 0 Å². The van der Waals surface area contributed by atoms with Gasteiger partial charge in [-0.3, -0.25) is 9.59 Å². The standard InChI is InChI=1S/C18H16BrFN2O2/c1-12-17(23)22(16-7-5-15(20)6-8-16)10-9-21(12)18(24)13-3-2-4-14(19)11-13/h2-8,11-12H,9-10H2,1H3/t12-/m0/s1. The van der Waals surface area contributed by atoms with Crippen molar-refractivity contribution in [2.45, 2.75) is 13.0 Å². The molecule has 2 amide bonds. The normalized spacial score (nSPS) is 18.0. The number of hydrogen-bond donors (Lipinski definition) is 0. The summed E-state index contributed by atoms with van der Waals surface area (Å²) in [4.78, 5) is 28.5. The van der Waals surface area contributed by atoms with Gasteiger partial charge in [0, 0.05) is 28.8 Å². The van der Waals surface area contributed by atoms with Crippen LogP contribution >= 0.6 is 15.9 Å². The highest BCUT2D eigenvalue weighted by Gasteiger charge is 2.35. The molecular weight excluding hydrogens is 375 g/mol. The average molecular weight is 391 g/mol. The van der Waals surface area contributed by atoms with E-state index in [-0.39, 0.29) is 17.6 Å². The molecule has 0 spiro atoms. The molecule has 0 radical (unpaired) electrons. The summed E-state index contributed by atoms with van der Waals surface area (Å²) in [7, 11) is 0. The van der Waals surface area contributed by atoms with Gasteiger partial charge in [-0.25, -0.2) is 4.39 Å². The lowest BCUT2D eigenvalue weighted by molar-refractivity contribution is -0.124. The Bertz CT molecular complexity index is 779. The van der Waals surface area contributed by atoms with Gasteiger partial charge in [0.25, 0.3) is 5.91 Å². The van der Waals surface area contributed by atoms with E-state index in [1.807, 2.05) is 6.07 Å². The Balaban J connectivity index is 1.79. The molecule has 2 aromatic rings. The Hall–Kier alpha value is -2.21. The second-order valence-corrected chi connectivity index (χ2v) is 6.57. The van der Waals surface area contributed by atoms with Crippen molar-refractivity contribution in [3.8, 4) is 0 Å². The van der Waals surface area contributed by atoms with E-state index in [1.165, 1.54) is 12.1 Å². The van der Waals surface area contributed by atoms with Crippen LogP contribution in [0.1, 0.15) is 17.3 Å². The number of halogens is 2. The SMILES string of the molecule is C[C@H]1C(=O)N(c2ccc(F)cc2)CCN1C(=O)c1cccc(Br)c1. The van der Waals surface area contributed by atoms with Crippen LogP contribution in [0.2, 0.25) is 0 Å². The smallest absolute Gasteiger partial charge is 0.254 e. The zero-order chi connectivity index (χ0) is 17.3. The Kier molecular flexibility index (Phi) is 4.66. The second kappa shape index (κ2) is 6.73. The topological polar surface area (TPSA) is 40.6 Å². The summed E-state index contributed by atoms with van der Waals surface area (Å²) in [5.74, 6) is -0.685. The number of carbonyl (C=O) groups is 2. The summed E-state index contributed by atoms with van der Waals surface area (Å²) in [6.07, 6.45) is 0. The van der Waals surface area contributed by atoms with Crippen molar-refractivity contribution < 1.29 is 14.0 Å². The minimum absolute atomic E-state index is 0.170. The highest BCUT2D eigenvalue weighted by atomic mass is 79.9. The van der Waals surface area contributed by atoms with E-state index < -0.39 is 6.04 Å². The predicted molar refractivity (Wildman–Crippen MR) is 93.4 cm³/mol. The van der Waals surface area contributed by atoms with Gasteiger partial charge in [-0.15, -0.1) is 0 Å². The van der Waals surface area contributed by atoms with Crippen molar-refractivity contribution in [2.24, 2.45) is 0 Å². The van der Waals surface area contributed by atoms with E-state index in [0.29, 0.717) is 24.3 Å². The number of piperazine rings is 1. The van der Waals surface area contributed by atoms with Crippen LogP contribution in [0, 0.1) is 5.82 Å². The molecule has 124 valence electrons. The maximum atomic E-state index is 13.1. The Labute approximate surface area is 148 Å². The summed E-state index contributed by atoms with van der Waals surface area (Å²) < 4.78 is 13.9. The molecule has 0 saturated carbocycles. The third kappa shape index (κ3) is 3.19. The number of benzene rings is 2. The molecule has 24 heavy (non-hydrogen) atoms. The molecule has 1 aliphatic heterocycles. The quantitative estimate of drug-likeness (QED) is 0.787. The highest BCUT2D eigenvalue weighted by molar-refractivity contribution is 9.10. The molecule has 0 bridgehead atoms. The molecule has 3 rings (SSSR count). The van der Waals surface area contributed by atoms with Gasteiger partial charge in [-0.05, 0) is 49.4 Å². The summed E-state index contributed by atoms with van der Waals surface area (Å²) in [5.41, 5.74) is 1.18. The fourth-order valence-corrected chi connectivity index (χ4v) is 3.21. The fourth-order valence-electron chi connectivity index (χ4n) is 2.81. The van der Waals surface area contributed by atoms with Gasteiger partial charge in [-0.2, -0.15) is 0 Å². The summed E-state index contributed by atoms with van der Waals surface area (Å²) in [5, 5.41) is 0. The molecule has 0 aliphatic carbocycles. The third-order valence-electron chi connectivity index (χ3n) is 4.13. The lowest BCUT2D eigenvalue weighted by Gasteiger charge is -2.39. The molecule has 0 unspecified atom stereocenters. The highest BCUT2D eigenvalue weighted by Crippen LogP contribution is 2.23. The van der Waals surface area contributed by atoms with Crippen LogP contribution in [0.3, 0.4) is 0 Å². The van der Waals surface area contributed by atoms with Gasteiger partial charge < -0.3 is 9.80 Å². The zero-order valence-corrected chi connectivity index (χ0v) is 14.7. The number of anilines is 1. The number of carbonyl (C=O) groups excluding carboxylic acids is 2. The summed E-state index contributed by atoms with van der Waals surface area (Å²) in [6, 6.07) is 12.3. The number of hydrogen-bond acceptors (Lipinski definition) is 2. The lowest BCUT2D eigenvalue weighted by atomic mass is 10.1. The maximum Gasteiger partial charge on any atom is 0.254 e. The fraction of sp³-hybridized carbons (Fsp3) is 0.222. The lowest BCUT2D eigenvalue weighted by Crippen LogP contribution is -2.57. The van der Waals surface area contributed by atoms with E-state index in [2.05, 4.69) is 15.9 Å². The molecule has 0 aromatic heterocycles. The minimum atomic E-state index is -0.574. The van der Waals surface area contributed by atoms with Crippen LogP contribution in [-0.2, 0) is 4.79 Å². The first kappa shape index (κ1) is 16.6. The van der Waals surface area contributed by atoms with Gasteiger partial charge in [0.1, 0.15) is 11.9 Å². The summed E-state index contributed by atoms with van der Waals surface area (Å²) >= 11 is 3.35. The van der Waals surface area contributed by atoms with E-state index in [9.17, 15) is 14.0 Å². The van der Waals surface area contributed by atoms with Gasteiger partial charge in [0.15, 0.2) is 0 Å². The largest absolute Gasteiger partial charge is 0.325 e. The summed E-state index contributed by atoms with van der Waals surface area (Å²) in [6.45, 7) is 2.53. The monoisotopic (exact) mass is 390 g/mol. The van der Waals surface area contributed by atoms with Crippen LogP contribution in [-0.4, -0.2) is 35.8 Å². The predicted octanol–water partition coefficient (Wildman–Crippen LogP) is 3.47. The molecular formula is C18H16BrFN2O2. The molecule has 1 heterocycles. The second-order valence-electron chi connectivity index (χ2n) is 5.65. The van der Waals surface area contributed by atoms with Crippen LogP contribution < -0.4 is 4.90 Å². The molecule has 1 aliphatic rings. The molecule has 1 saturated heterocycles. The third-order valence-corrected chi connectivity index (χ3v) is 4.62. The molecule has 1 atom stereocenters. The first-order valence-electron chi connectivity index (χ1n) is 7.61. The van der Waals surface area contributed by atoms with Crippen molar-refractivity contribution in [1.29, 1.82) is 0 Å². The number of rotatable bonds is 2. The zero-order valence-electron chi connectivity index (χ0n) is 13.1. The molecule has 6 heteroatoms. The van der Waals surface area contributed by atoms with Crippen LogP contribution in [0.15, 0.2) is 53.0 Å². The first-order valence-corrected chi connectivity index (χ1v) is 8.40. The van der Waals surface area contributed by atoms with Crippen molar-refractivity contribution in [3.05, 3.63) is 64.4 Å². The van der Waals surface area contributed by atoms with Crippen molar-refractivity contribution in [2.75, 3.05) is 18.0 Å². The number of amides is 2. The van der Waals surface area contributed by atoms with Crippen LogP contribution in [0.5, 0.6) is 0 Å². The average Bonchev–Trinajstić information content (AvgIpc) is 2.58. The molecule has 4 nitrogen and oxygen atoms in total. The first-order chi connectivity index (χ1) is 11.5. The van der Waals surface area contributed by atoms with Crippen molar-refractivity contribution >= 4 is 33.4 Å². The van der Waals surface area contributed by atoms with E-state index in [1.54, 1.807) is 47.1 Å². The van der Waals surface area contributed by atoms with Crippen LogP contribution in [0.4, 0.5) is 10.1 Å². The van der Waals surface area contributed by atoms with Crippen molar-refractivity contribution in [1.82, 2.24) is 4.90 Å². The molecule has 2 aromatic carbocycles. The van der Waals surface area contributed by atoms with Gasteiger partial charge in [-0.1, -0.05) is 22.0 Å². The van der Waals surface area contributed by atoms with Gasteiger partial charge in [0.05, 0.1) is 0 Å².